The fourth-order valence-corrected chi connectivity index (χ4v) is 2.13. The van der Waals surface area contributed by atoms with Crippen LogP contribution in [0.25, 0.3) is 0 Å². The standard InChI is InChI=1S/C11H17NO2S/c1-8(5-6-13)15-10-3-4-11(9(2)14)12-7-10/h3-4,7-9,13-14H,5-6H2,1-2H3/t8?,9-/m0/s1. The summed E-state index contributed by atoms with van der Waals surface area (Å²) in [7, 11) is 0. The van der Waals surface area contributed by atoms with Gasteiger partial charge in [0.15, 0.2) is 0 Å². The third-order valence-electron chi connectivity index (χ3n) is 2.06. The monoisotopic (exact) mass is 227 g/mol. The van der Waals surface area contributed by atoms with E-state index in [1.807, 2.05) is 12.1 Å². The Kier molecular flexibility index (Phi) is 5.08. The van der Waals surface area contributed by atoms with Crippen LogP contribution in [-0.2, 0) is 0 Å². The Balaban J connectivity index is 2.56. The second-order valence-corrected chi connectivity index (χ2v) is 5.05. The molecule has 1 rings (SSSR count). The number of rotatable bonds is 5. The second kappa shape index (κ2) is 6.10. The Bertz CT molecular complexity index is 287. The molecule has 0 aliphatic rings. The van der Waals surface area contributed by atoms with Gasteiger partial charge in [0.2, 0.25) is 0 Å². The van der Waals surface area contributed by atoms with Crippen LogP contribution < -0.4 is 0 Å². The average molecular weight is 227 g/mol. The number of aliphatic hydroxyl groups excluding tert-OH is 2. The highest BCUT2D eigenvalue weighted by atomic mass is 32.2. The van der Waals surface area contributed by atoms with Crippen LogP contribution in [0, 0.1) is 0 Å². The predicted octanol–water partition coefficient (Wildman–Crippen LogP) is 2.00. The Morgan fingerprint density at radius 1 is 1.40 bits per heavy atom. The molecule has 0 amide bonds. The molecular formula is C11H17NO2S. The summed E-state index contributed by atoms with van der Waals surface area (Å²) in [5.41, 5.74) is 0.689. The molecule has 0 saturated carbocycles. The van der Waals surface area contributed by atoms with Crippen LogP contribution >= 0.6 is 11.8 Å². The lowest BCUT2D eigenvalue weighted by atomic mass is 10.2. The highest BCUT2D eigenvalue weighted by Crippen LogP contribution is 2.24. The zero-order chi connectivity index (χ0) is 11.3. The average Bonchev–Trinajstić information content (AvgIpc) is 2.18. The van der Waals surface area contributed by atoms with Gasteiger partial charge in [-0.15, -0.1) is 11.8 Å². The smallest absolute Gasteiger partial charge is 0.0931 e. The zero-order valence-electron chi connectivity index (χ0n) is 9.05. The van der Waals surface area contributed by atoms with Crippen molar-refractivity contribution >= 4 is 11.8 Å². The first-order valence-electron chi connectivity index (χ1n) is 5.05. The van der Waals surface area contributed by atoms with Crippen LogP contribution in [0.2, 0.25) is 0 Å². The highest BCUT2D eigenvalue weighted by molar-refractivity contribution is 7.99. The summed E-state index contributed by atoms with van der Waals surface area (Å²) in [6, 6.07) is 3.78. The Morgan fingerprint density at radius 3 is 2.60 bits per heavy atom. The molecule has 1 heterocycles. The van der Waals surface area contributed by atoms with E-state index in [0.29, 0.717) is 10.9 Å². The first-order chi connectivity index (χ1) is 7.13. The minimum Gasteiger partial charge on any atom is -0.396 e. The fourth-order valence-electron chi connectivity index (χ4n) is 1.18. The molecule has 2 atom stereocenters. The number of hydrogen-bond donors (Lipinski definition) is 2. The van der Waals surface area contributed by atoms with Crippen molar-refractivity contribution in [2.75, 3.05) is 6.61 Å². The van der Waals surface area contributed by atoms with Crippen LogP contribution in [0.5, 0.6) is 0 Å². The molecule has 0 aliphatic carbocycles. The number of nitrogens with zero attached hydrogens (tertiary/aromatic N) is 1. The quantitative estimate of drug-likeness (QED) is 0.755. The van der Waals surface area contributed by atoms with Gasteiger partial charge in [-0.25, -0.2) is 0 Å². The SMILES string of the molecule is CC(CCO)Sc1ccc([C@H](C)O)nc1. The summed E-state index contributed by atoms with van der Waals surface area (Å²) >= 11 is 1.68. The third kappa shape index (κ3) is 4.20. The predicted molar refractivity (Wildman–Crippen MR) is 61.9 cm³/mol. The van der Waals surface area contributed by atoms with Gasteiger partial charge in [-0.3, -0.25) is 4.98 Å². The van der Waals surface area contributed by atoms with Gasteiger partial charge < -0.3 is 10.2 Å². The van der Waals surface area contributed by atoms with E-state index in [1.54, 1.807) is 24.9 Å². The van der Waals surface area contributed by atoms with Crippen LogP contribution in [0.3, 0.4) is 0 Å². The summed E-state index contributed by atoms with van der Waals surface area (Å²) in [5, 5.41) is 18.4. The maximum Gasteiger partial charge on any atom is 0.0931 e. The van der Waals surface area contributed by atoms with Crippen molar-refractivity contribution in [3.05, 3.63) is 24.0 Å². The van der Waals surface area contributed by atoms with Crippen molar-refractivity contribution in [2.45, 2.75) is 36.5 Å². The lowest BCUT2D eigenvalue weighted by Gasteiger charge is -2.09. The number of hydrogen-bond acceptors (Lipinski definition) is 4. The molecule has 1 aromatic heterocycles. The van der Waals surface area contributed by atoms with Crippen LogP contribution in [0.1, 0.15) is 32.1 Å². The summed E-state index contributed by atoms with van der Waals surface area (Å²) in [6.07, 6.45) is 2.03. The van der Waals surface area contributed by atoms with Crippen molar-refractivity contribution < 1.29 is 10.2 Å². The van der Waals surface area contributed by atoms with Gasteiger partial charge in [0.05, 0.1) is 11.8 Å². The molecule has 3 nitrogen and oxygen atoms in total. The molecule has 0 spiro atoms. The van der Waals surface area contributed by atoms with E-state index >= 15 is 0 Å². The van der Waals surface area contributed by atoms with E-state index in [1.165, 1.54) is 0 Å². The van der Waals surface area contributed by atoms with Gasteiger partial charge in [-0.05, 0) is 25.5 Å². The minimum atomic E-state index is -0.515. The molecule has 1 unspecified atom stereocenters. The van der Waals surface area contributed by atoms with Gasteiger partial charge in [0.1, 0.15) is 0 Å². The van der Waals surface area contributed by atoms with Crippen molar-refractivity contribution in [3.63, 3.8) is 0 Å². The molecule has 15 heavy (non-hydrogen) atoms. The van der Waals surface area contributed by atoms with E-state index < -0.39 is 6.10 Å². The van der Waals surface area contributed by atoms with Gasteiger partial charge in [0.25, 0.3) is 0 Å². The first kappa shape index (κ1) is 12.5. The van der Waals surface area contributed by atoms with Crippen molar-refractivity contribution in [2.24, 2.45) is 0 Å². The maximum absolute atomic E-state index is 9.28. The van der Waals surface area contributed by atoms with E-state index in [4.69, 9.17) is 5.11 Å². The number of aromatic nitrogens is 1. The van der Waals surface area contributed by atoms with Crippen LogP contribution in [0.15, 0.2) is 23.2 Å². The molecule has 0 radical (unpaired) electrons. The molecule has 84 valence electrons. The second-order valence-electron chi connectivity index (χ2n) is 3.54. The molecule has 2 N–H and O–H groups in total. The van der Waals surface area contributed by atoms with E-state index in [9.17, 15) is 5.11 Å². The van der Waals surface area contributed by atoms with Gasteiger partial charge in [-0.1, -0.05) is 6.92 Å². The lowest BCUT2D eigenvalue weighted by Crippen LogP contribution is -2.00. The van der Waals surface area contributed by atoms with E-state index in [-0.39, 0.29) is 6.61 Å². The molecule has 0 saturated heterocycles. The van der Waals surface area contributed by atoms with E-state index in [2.05, 4.69) is 11.9 Å². The Hall–Kier alpha value is -0.580. The summed E-state index contributed by atoms with van der Waals surface area (Å²) in [6.45, 7) is 3.99. The van der Waals surface area contributed by atoms with Crippen molar-refractivity contribution in [1.82, 2.24) is 4.98 Å². The minimum absolute atomic E-state index is 0.216. The topological polar surface area (TPSA) is 53.4 Å². The number of aliphatic hydroxyl groups is 2. The van der Waals surface area contributed by atoms with Crippen molar-refractivity contribution in [1.29, 1.82) is 0 Å². The summed E-state index contributed by atoms with van der Waals surface area (Å²) < 4.78 is 0. The Morgan fingerprint density at radius 2 is 2.13 bits per heavy atom. The lowest BCUT2D eigenvalue weighted by molar-refractivity contribution is 0.194. The third-order valence-corrected chi connectivity index (χ3v) is 3.21. The highest BCUT2D eigenvalue weighted by Gasteiger charge is 2.05. The fraction of sp³-hybridized carbons (Fsp3) is 0.545. The normalized spacial score (nSPS) is 14.9. The molecule has 0 bridgehead atoms. The van der Waals surface area contributed by atoms with Gasteiger partial charge in [-0.2, -0.15) is 0 Å². The molecular weight excluding hydrogens is 210 g/mol. The largest absolute Gasteiger partial charge is 0.396 e. The van der Waals surface area contributed by atoms with E-state index in [0.717, 1.165) is 11.3 Å². The summed E-state index contributed by atoms with van der Waals surface area (Å²) in [5.74, 6) is 0. The summed E-state index contributed by atoms with van der Waals surface area (Å²) in [4.78, 5) is 5.23. The zero-order valence-corrected chi connectivity index (χ0v) is 9.87. The molecule has 0 aliphatic heterocycles. The van der Waals surface area contributed by atoms with Gasteiger partial charge >= 0.3 is 0 Å². The first-order valence-corrected chi connectivity index (χ1v) is 5.93. The van der Waals surface area contributed by atoms with Crippen molar-refractivity contribution in [3.8, 4) is 0 Å². The maximum atomic E-state index is 9.28. The molecule has 0 aromatic carbocycles. The van der Waals surface area contributed by atoms with Crippen LogP contribution in [-0.4, -0.2) is 27.1 Å². The molecule has 1 aromatic rings. The Labute approximate surface area is 94.6 Å². The number of pyridine rings is 1. The van der Waals surface area contributed by atoms with Crippen LogP contribution in [0.4, 0.5) is 0 Å². The van der Waals surface area contributed by atoms with Gasteiger partial charge in [0, 0.05) is 22.9 Å². The molecule has 0 fully saturated rings. The molecule has 4 heteroatoms. The number of thioether (sulfide) groups is 1.